The smallest absolute Gasteiger partial charge is 0.255 e. The Bertz CT molecular complexity index is 1580. The third-order valence-corrected chi connectivity index (χ3v) is 8.70. The molecule has 1 saturated carbocycles. The second-order valence-electron chi connectivity index (χ2n) is 10.3. The van der Waals surface area contributed by atoms with Crippen LogP contribution >= 0.6 is 23.2 Å². The zero-order chi connectivity index (χ0) is 30.0. The van der Waals surface area contributed by atoms with E-state index in [1.165, 1.54) is 6.07 Å². The van der Waals surface area contributed by atoms with E-state index in [1.807, 2.05) is 0 Å². The Kier molecular flexibility index (Phi) is 9.16. The van der Waals surface area contributed by atoms with Gasteiger partial charge in [-0.3, -0.25) is 14.4 Å². The summed E-state index contributed by atoms with van der Waals surface area (Å²) in [6.07, 6.45) is 3.66. The number of nitrogens with one attached hydrogen (secondary N) is 2. The van der Waals surface area contributed by atoms with E-state index in [0.29, 0.717) is 34.6 Å². The van der Waals surface area contributed by atoms with Crippen LogP contribution in [0.15, 0.2) is 47.0 Å². The summed E-state index contributed by atoms with van der Waals surface area (Å²) in [6, 6.07) is 9.53. The van der Waals surface area contributed by atoms with Crippen LogP contribution in [0.5, 0.6) is 0 Å². The van der Waals surface area contributed by atoms with Gasteiger partial charge in [-0.25, -0.2) is 18.6 Å². The second-order valence-corrected chi connectivity index (χ2v) is 12.9. The van der Waals surface area contributed by atoms with Gasteiger partial charge in [0.15, 0.2) is 5.82 Å². The van der Waals surface area contributed by atoms with Crippen molar-refractivity contribution < 1.29 is 32.5 Å². The van der Waals surface area contributed by atoms with E-state index in [1.54, 1.807) is 41.3 Å². The van der Waals surface area contributed by atoms with Crippen molar-refractivity contribution in [2.75, 3.05) is 6.26 Å². The number of sulfonamides is 1. The lowest BCUT2D eigenvalue weighted by Crippen LogP contribution is -2.59. The molecule has 0 radical (unpaired) electrons. The van der Waals surface area contributed by atoms with Crippen LogP contribution < -0.4 is 10.2 Å². The van der Waals surface area contributed by atoms with Gasteiger partial charge in [-0.15, -0.1) is 0 Å². The van der Waals surface area contributed by atoms with Crippen LogP contribution in [0.25, 0.3) is 0 Å². The summed E-state index contributed by atoms with van der Waals surface area (Å²) >= 11 is 12.9. The molecule has 2 aromatic carbocycles. The Morgan fingerprint density at radius 1 is 1.17 bits per heavy atom. The molecular weight excluding hydrogens is 609 g/mol. The number of hydroxylamine groups is 1. The SMILES string of the molecule is CS(=O)(=O)N[C@H]1CCCCC1N1C(=O)c2ccccc2[C@@H](C(=O)NOCc2noc(CO)n2)[C@@H]1c1ccc(Cl)cc1Cl. The molecule has 15 heteroatoms. The number of halogens is 2. The molecule has 2 aliphatic rings. The molecule has 1 aromatic heterocycles. The number of aliphatic hydroxyl groups is 1. The van der Waals surface area contributed by atoms with E-state index in [0.717, 1.165) is 19.1 Å². The molecule has 42 heavy (non-hydrogen) atoms. The van der Waals surface area contributed by atoms with Crippen molar-refractivity contribution >= 4 is 45.0 Å². The van der Waals surface area contributed by atoms with E-state index < -0.39 is 46.6 Å². The maximum atomic E-state index is 14.3. The monoisotopic (exact) mass is 637 g/mol. The van der Waals surface area contributed by atoms with Gasteiger partial charge in [-0.1, -0.05) is 65.5 Å². The molecule has 12 nitrogen and oxygen atoms in total. The van der Waals surface area contributed by atoms with Gasteiger partial charge >= 0.3 is 0 Å². The Hall–Kier alpha value is -3.07. The summed E-state index contributed by atoms with van der Waals surface area (Å²) < 4.78 is 32.2. The Morgan fingerprint density at radius 3 is 2.64 bits per heavy atom. The molecule has 1 fully saturated rings. The Morgan fingerprint density at radius 2 is 1.93 bits per heavy atom. The molecule has 2 heterocycles. The first kappa shape index (κ1) is 30.4. The van der Waals surface area contributed by atoms with E-state index >= 15 is 0 Å². The van der Waals surface area contributed by atoms with Crippen LogP contribution in [0, 0.1) is 0 Å². The minimum Gasteiger partial charge on any atom is -0.387 e. The highest BCUT2D eigenvalue weighted by atomic mass is 35.5. The van der Waals surface area contributed by atoms with Gasteiger partial charge in [0.05, 0.1) is 18.2 Å². The number of hydrogen-bond acceptors (Lipinski definition) is 9. The summed E-state index contributed by atoms with van der Waals surface area (Å²) in [4.78, 5) is 39.2. The first-order valence-electron chi connectivity index (χ1n) is 13.2. The van der Waals surface area contributed by atoms with Gasteiger partial charge in [0.25, 0.3) is 17.7 Å². The molecule has 3 aromatic rings. The van der Waals surface area contributed by atoms with Crippen molar-refractivity contribution in [3.05, 3.63) is 80.9 Å². The molecular formula is C27H29Cl2N5O7S. The Labute approximate surface area is 252 Å². The topological polar surface area (TPSA) is 164 Å². The minimum absolute atomic E-state index is 0.00234. The van der Waals surface area contributed by atoms with Crippen LogP contribution in [0.3, 0.4) is 0 Å². The summed E-state index contributed by atoms with van der Waals surface area (Å²) in [5.74, 6) is -1.82. The summed E-state index contributed by atoms with van der Waals surface area (Å²) in [6.45, 7) is -0.691. The van der Waals surface area contributed by atoms with E-state index in [4.69, 9.17) is 37.7 Å². The lowest BCUT2D eigenvalue weighted by atomic mass is 9.76. The first-order valence-corrected chi connectivity index (χ1v) is 15.9. The van der Waals surface area contributed by atoms with Crippen molar-refractivity contribution in [3.8, 4) is 0 Å². The number of carbonyl (C=O) groups is 2. The van der Waals surface area contributed by atoms with E-state index in [2.05, 4.69) is 20.3 Å². The van der Waals surface area contributed by atoms with Crippen molar-refractivity contribution in [3.63, 3.8) is 0 Å². The van der Waals surface area contributed by atoms with Crippen LogP contribution in [0.4, 0.5) is 0 Å². The summed E-state index contributed by atoms with van der Waals surface area (Å²) in [5, 5.41) is 13.4. The fraction of sp³-hybridized carbons (Fsp3) is 0.407. The van der Waals surface area contributed by atoms with Crippen molar-refractivity contribution in [2.24, 2.45) is 0 Å². The highest BCUT2D eigenvalue weighted by Crippen LogP contribution is 2.47. The Balaban J connectivity index is 1.58. The number of hydrogen-bond donors (Lipinski definition) is 3. The molecule has 3 N–H and O–H groups in total. The number of aromatic nitrogens is 2. The van der Waals surface area contributed by atoms with Gasteiger partial charge in [-0.05, 0) is 42.2 Å². The number of amides is 2. The highest BCUT2D eigenvalue weighted by molar-refractivity contribution is 7.88. The van der Waals surface area contributed by atoms with Crippen LogP contribution in [-0.2, 0) is 32.9 Å². The zero-order valence-electron chi connectivity index (χ0n) is 22.5. The molecule has 5 rings (SSSR count). The van der Waals surface area contributed by atoms with E-state index in [9.17, 15) is 18.0 Å². The third kappa shape index (κ3) is 6.46. The van der Waals surface area contributed by atoms with Gasteiger partial charge < -0.3 is 14.5 Å². The van der Waals surface area contributed by atoms with E-state index in [-0.39, 0.29) is 29.3 Å². The molecule has 0 spiro atoms. The largest absolute Gasteiger partial charge is 0.387 e. The fourth-order valence-corrected chi connectivity index (χ4v) is 7.12. The second kappa shape index (κ2) is 12.7. The predicted molar refractivity (Wildman–Crippen MR) is 152 cm³/mol. The predicted octanol–water partition coefficient (Wildman–Crippen LogP) is 3.26. The van der Waals surface area contributed by atoms with Crippen molar-refractivity contribution in [2.45, 2.75) is 62.9 Å². The lowest BCUT2D eigenvalue weighted by Gasteiger charge is -2.49. The number of carbonyl (C=O) groups excluding carboxylic acids is 2. The molecule has 0 saturated heterocycles. The van der Waals surface area contributed by atoms with Crippen LogP contribution in [0.1, 0.15) is 70.8 Å². The van der Waals surface area contributed by atoms with Gasteiger partial charge in [0.1, 0.15) is 13.2 Å². The van der Waals surface area contributed by atoms with Crippen molar-refractivity contribution in [1.82, 2.24) is 25.2 Å². The quantitative estimate of drug-likeness (QED) is 0.299. The zero-order valence-corrected chi connectivity index (χ0v) is 24.8. The van der Waals surface area contributed by atoms with Gasteiger partial charge in [0, 0.05) is 27.7 Å². The molecule has 1 aliphatic carbocycles. The molecule has 2 amide bonds. The molecule has 4 atom stereocenters. The molecule has 1 aliphatic heterocycles. The number of aliphatic hydroxyl groups excluding tert-OH is 1. The summed E-state index contributed by atoms with van der Waals surface area (Å²) in [7, 11) is -3.60. The third-order valence-electron chi connectivity index (χ3n) is 7.41. The van der Waals surface area contributed by atoms with Gasteiger partial charge in [0.2, 0.25) is 10.0 Å². The highest BCUT2D eigenvalue weighted by Gasteiger charge is 2.49. The average molecular weight is 639 g/mol. The number of nitrogens with zero attached hydrogens (tertiary/aromatic N) is 3. The lowest BCUT2D eigenvalue weighted by molar-refractivity contribution is -0.138. The fourth-order valence-electron chi connectivity index (χ4n) is 5.78. The number of benzene rings is 2. The number of fused-ring (bicyclic) bond motifs is 1. The average Bonchev–Trinajstić information content (AvgIpc) is 3.41. The normalized spacial score (nSPS) is 22.6. The van der Waals surface area contributed by atoms with Gasteiger partial charge in [-0.2, -0.15) is 4.98 Å². The number of rotatable bonds is 9. The maximum Gasteiger partial charge on any atom is 0.255 e. The van der Waals surface area contributed by atoms with Crippen LogP contribution in [0.2, 0.25) is 10.0 Å². The summed E-state index contributed by atoms with van der Waals surface area (Å²) in [5.41, 5.74) is 3.69. The molecule has 0 bridgehead atoms. The first-order chi connectivity index (χ1) is 20.1. The standard InChI is InChI=1S/C27H29Cl2N5O7S/c1-42(38,39)33-20-8-4-5-9-21(20)34-25(18-11-10-15(28)12-19(18)29)24(16-6-2-3-7-17(16)27(34)37)26(36)32-40-14-22-30-23(13-35)41-31-22/h2-3,6-7,10-12,20-21,24-25,33,35H,4-5,8-9,13-14H2,1H3,(H,32,36)/t20-,21?,24+,25-/m0/s1. The van der Waals surface area contributed by atoms with Crippen LogP contribution in [-0.4, -0.2) is 58.7 Å². The molecule has 1 unspecified atom stereocenters. The minimum atomic E-state index is -3.60. The maximum absolute atomic E-state index is 14.3. The molecule has 224 valence electrons. The van der Waals surface area contributed by atoms with Crippen molar-refractivity contribution in [1.29, 1.82) is 0 Å².